The lowest BCUT2D eigenvalue weighted by Crippen LogP contribution is -2.36. The van der Waals surface area contributed by atoms with Crippen molar-refractivity contribution in [2.75, 3.05) is 13.1 Å². The highest BCUT2D eigenvalue weighted by atomic mass is 32.2. The fourth-order valence-corrected chi connectivity index (χ4v) is 3.62. The second-order valence-electron chi connectivity index (χ2n) is 5.37. The van der Waals surface area contributed by atoms with Gasteiger partial charge in [-0.15, -0.1) is 0 Å². The second-order valence-corrected chi connectivity index (χ2v) is 6.56. The molecule has 0 bridgehead atoms. The van der Waals surface area contributed by atoms with E-state index in [1.165, 1.54) is 11.8 Å². The first-order chi connectivity index (χ1) is 10.8. The van der Waals surface area contributed by atoms with E-state index in [1.54, 1.807) is 6.92 Å². The molecule has 4 nitrogen and oxygen atoms in total. The number of likely N-dealkylation sites (tertiary alicyclic amines) is 1. The van der Waals surface area contributed by atoms with Crippen molar-refractivity contribution in [1.29, 1.82) is 0 Å². The molecule has 1 saturated heterocycles. The number of hydrogen-bond donors (Lipinski definition) is 0. The Kier molecular flexibility index (Phi) is 4.18. The van der Waals surface area contributed by atoms with Crippen molar-refractivity contribution < 1.29 is 18.0 Å². The summed E-state index contributed by atoms with van der Waals surface area (Å²) in [5, 5.41) is 0.0578. The number of thioether (sulfide) groups is 1. The lowest BCUT2D eigenvalue weighted by Gasteiger charge is -2.18. The third-order valence-corrected chi connectivity index (χ3v) is 4.91. The lowest BCUT2D eigenvalue weighted by atomic mass is 10.3. The first-order valence-electron chi connectivity index (χ1n) is 7.09. The number of para-hydroxylation sites is 2. The minimum Gasteiger partial charge on any atom is -0.333 e. The third-order valence-electron chi connectivity index (χ3n) is 3.57. The maximum absolute atomic E-state index is 12.5. The number of aryl methyl sites for hydroxylation is 1. The number of halogens is 3. The van der Waals surface area contributed by atoms with Gasteiger partial charge in [-0.3, -0.25) is 4.79 Å². The highest BCUT2D eigenvalue weighted by Crippen LogP contribution is 2.33. The number of benzene rings is 1. The Hall–Kier alpha value is -1.83. The summed E-state index contributed by atoms with van der Waals surface area (Å²) in [5.74, 6) is -0.485. The number of fused-ring (bicyclic) bond motifs is 1. The summed E-state index contributed by atoms with van der Waals surface area (Å²) < 4.78 is 37.4. The first kappa shape index (κ1) is 16.0. The van der Waals surface area contributed by atoms with Crippen molar-refractivity contribution in [1.82, 2.24) is 14.9 Å². The molecule has 2 heterocycles. The fraction of sp³-hybridized carbons (Fsp3) is 0.400. The van der Waals surface area contributed by atoms with Crippen LogP contribution in [0, 0.1) is 6.92 Å². The molecule has 0 unspecified atom stereocenters. The predicted molar refractivity (Wildman–Crippen MR) is 81.2 cm³/mol. The van der Waals surface area contributed by atoms with E-state index in [1.807, 2.05) is 24.3 Å². The maximum Gasteiger partial charge on any atom is 0.406 e. The van der Waals surface area contributed by atoms with Crippen molar-refractivity contribution in [3.05, 3.63) is 30.0 Å². The average molecular weight is 341 g/mol. The zero-order valence-corrected chi connectivity index (χ0v) is 13.1. The van der Waals surface area contributed by atoms with Crippen LogP contribution in [0.15, 0.2) is 29.3 Å². The van der Waals surface area contributed by atoms with Gasteiger partial charge in [0.2, 0.25) is 5.91 Å². The largest absolute Gasteiger partial charge is 0.406 e. The van der Waals surface area contributed by atoms with Gasteiger partial charge in [0, 0.05) is 6.54 Å². The molecule has 1 fully saturated rings. The van der Waals surface area contributed by atoms with E-state index in [4.69, 9.17) is 0 Å². The van der Waals surface area contributed by atoms with Crippen LogP contribution in [0.4, 0.5) is 13.2 Å². The Morgan fingerprint density at radius 3 is 2.57 bits per heavy atom. The highest BCUT2D eigenvalue weighted by Gasteiger charge is 2.40. The number of carbonyl (C=O) groups is 1. The molecular weight excluding hydrogens is 327 g/mol. The topological polar surface area (TPSA) is 46.1 Å². The molecule has 0 aliphatic carbocycles. The van der Waals surface area contributed by atoms with Gasteiger partial charge in [0.05, 0.1) is 22.0 Å². The zero-order valence-electron chi connectivity index (χ0n) is 12.3. The molecule has 2 aromatic rings. The van der Waals surface area contributed by atoms with E-state index < -0.39 is 23.9 Å². The standard InChI is InChI=1S/C15H14F3N3OS/c1-9-13(20-11-5-3-2-4-10(11)19-9)23-12-6-7-21(14(12)22)8-15(16,17)18/h2-5,12H,6-8H2,1H3/t12-/m1/s1. The monoisotopic (exact) mass is 341 g/mol. The van der Waals surface area contributed by atoms with Crippen LogP contribution >= 0.6 is 11.8 Å². The summed E-state index contributed by atoms with van der Waals surface area (Å²) in [4.78, 5) is 21.9. The van der Waals surface area contributed by atoms with Crippen LogP contribution in [-0.2, 0) is 4.79 Å². The first-order valence-corrected chi connectivity index (χ1v) is 7.97. The van der Waals surface area contributed by atoms with Crippen molar-refractivity contribution in [3.8, 4) is 0 Å². The molecule has 0 spiro atoms. The van der Waals surface area contributed by atoms with Gasteiger partial charge in [-0.1, -0.05) is 23.9 Å². The smallest absolute Gasteiger partial charge is 0.333 e. The molecule has 1 aliphatic rings. The lowest BCUT2D eigenvalue weighted by molar-refractivity contribution is -0.157. The molecule has 1 aliphatic heterocycles. The minimum atomic E-state index is -4.37. The van der Waals surface area contributed by atoms with E-state index in [0.717, 1.165) is 10.4 Å². The average Bonchev–Trinajstić information content (AvgIpc) is 2.79. The van der Waals surface area contributed by atoms with Crippen LogP contribution in [0.3, 0.4) is 0 Å². The highest BCUT2D eigenvalue weighted by molar-refractivity contribution is 8.00. The summed E-state index contributed by atoms with van der Waals surface area (Å²) >= 11 is 1.20. The molecule has 0 saturated carbocycles. The predicted octanol–water partition coefficient (Wildman–Crippen LogP) is 3.19. The fourth-order valence-electron chi connectivity index (χ4n) is 2.51. The number of carbonyl (C=O) groups excluding carboxylic acids is 1. The summed E-state index contributed by atoms with van der Waals surface area (Å²) in [5.41, 5.74) is 2.14. The number of nitrogens with zero attached hydrogens (tertiary/aromatic N) is 3. The van der Waals surface area contributed by atoms with E-state index in [2.05, 4.69) is 9.97 Å². The van der Waals surface area contributed by atoms with Gasteiger partial charge in [0.15, 0.2) is 0 Å². The van der Waals surface area contributed by atoms with Crippen molar-refractivity contribution in [2.45, 2.75) is 29.8 Å². The number of hydrogen-bond acceptors (Lipinski definition) is 4. The van der Waals surface area contributed by atoms with Gasteiger partial charge < -0.3 is 4.90 Å². The van der Waals surface area contributed by atoms with Crippen LogP contribution < -0.4 is 0 Å². The molecule has 1 aromatic carbocycles. The van der Waals surface area contributed by atoms with Crippen molar-refractivity contribution >= 4 is 28.7 Å². The van der Waals surface area contributed by atoms with Gasteiger partial charge in [0.1, 0.15) is 11.6 Å². The Bertz CT molecular complexity index is 750. The van der Waals surface area contributed by atoms with Gasteiger partial charge >= 0.3 is 6.18 Å². The number of alkyl halides is 3. The molecule has 1 aromatic heterocycles. The van der Waals surface area contributed by atoms with E-state index in [0.29, 0.717) is 22.7 Å². The molecule has 0 radical (unpaired) electrons. The molecule has 122 valence electrons. The van der Waals surface area contributed by atoms with Gasteiger partial charge in [-0.05, 0) is 25.5 Å². The second kappa shape index (κ2) is 5.99. The van der Waals surface area contributed by atoms with E-state index in [9.17, 15) is 18.0 Å². The molecule has 1 amide bonds. The SMILES string of the molecule is Cc1nc2ccccc2nc1S[C@@H]1CCN(CC(F)(F)F)C1=O. The molecule has 3 rings (SSSR count). The number of amides is 1. The third kappa shape index (κ3) is 3.57. The molecule has 1 atom stereocenters. The summed E-state index contributed by atoms with van der Waals surface area (Å²) in [6.07, 6.45) is -3.98. The van der Waals surface area contributed by atoms with Crippen LogP contribution in [0.25, 0.3) is 11.0 Å². The van der Waals surface area contributed by atoms with Crippen LogP contribution in [0.1, 0.15) is 12.1 Å². The van der Waals surface area contributed by atoms with Crippen LogP contribution in [0.2, 0.25) is 0 Å². The van der Waals surface area contributed by atoms with Crippen LogP contribution in [-0.4, -0.2) is 45.3 Å². The summed E-state index contributed by atoms with van der Waals surface area (Å²) in [6.45, 7) is 0.718. The number of aromatic nitrogens is 2. The number of rotatable bonds is 3. The minimum absolute atomic E-state index is 0.121. The maximum atomic E-state index is 12.5. The molecule has 8 heteroatoms. The molecule has 0 N–H and O–H groups in total. The Labute approximate surface area is 135 Å². The summed E-state index contributed by atoms with van der Waals surface area (Å²) in [7, 11) is 0. The Morgan fingerprint density at radius 1 is 1.26 bits per heavy atom. The van der Waals surface area contributed by atoms with Gasteiger partial charge in [-0.2, -0.15) is 13.2 Å². The van der Waals surface area contributed by atoms with E-state index >= 15 is 0 Å². The Balaban J connectivity index is 1.77. The molecular formula is C15H14F3N3OS. The zero-order chi connectivity index (χ0) is 16.6. The van der Waals surface area contributed by atoms with Crippen LogP contribution in [0.5, 0.6) is 0 Å². The van der Waals surface area contributed by atoms with Crippen molar-refractivity contribution in [2.24, 2.45) is 0 Å². The van der Waals surface area contributed by atoms with Crippen molar-refractivity contribution in [3.63, 3.8) is 0 Å². The van der Waals surface area contributed by atoms with Gasteiger partial charge in [0.25, 0.3) is 0 Å². The normalized spacial score (nSPS) is 18.9. The summed E-state index contributed by atoms with van der Waals surface area (Å²) in [6, 6.07) is 7.36. The van der Waals surface area contributed by atoms with Gasteiger partial charge in [-0.25, -0.2) is 9.97 Å². The molecule has 23 heavy (non-hydrogen) atoms. The Morgan fingerprint density at radius 2 is 1.91 bits per heavy atom. The van der Waals surface area contributed by atoms with E-state index in [-0.39, 0.29) is 6.54 Å². The quantitative estimate of drug-likeness (QED) is 0.860.